The van der Waals surface area contributed by atoms with E-state index in [4.69, 9.17) is 0 Å². The molecule has 2 heterocycles. The Morgan fingerprint density at radius 3 is 2.14 bits per heavy atom. The van der Waals surface area contributed by atoms with E-state index in [2.05, 4.69) is 25.5 Å². The van der Waals surface area contributed by atoms with Crippen LogP contribution in [-0.2, 0) is 29.8 Å². The van der Waals surface area contributed by atoms with Gasteiger partial charge in [0.15, 0.2) is 0 Å². The first-order chi connectivity index (χ1) is 13.5. The lowest BCUT2D eigenvalue weighted by Crippen LogP contribution is -2.62. The van der Waals surface area contributed by atoms with E-state index in [0.717, 1.165) is 5.56 Å². The molecule has 0 bridgehead atoms. The van der Waals surface area contributed by atoms with E-state index >= 15 is 0 Å². The van der Waals surface area contributed by atoms with Crippen LogP contribution >= 0.6 is 0 Å². The molecule has 29 heavy (non-hydrogen) atoms. The number of rotatable bonds is 6. The number of amides is 3. The molecule has 2 aliphatic heterocycles. The molecule has 1 aromatic rings. The Kier molecular flexibility index (Phi) is 5.82. The minimum Gasteiger partial charge on any atom is -0.338 e. The molecule has 0 aliphatic carbocycles. The van der Waals surface area contributed by atoms with E-state index in [9.17, 15) is 22.8 Å². The molecular formula is C20H27N3O5S. The van der Waals surface area contributed by atoms with Crippen molar-refractivity contribution in [1.82, 2.24) is 14.5 Å². The van der Waals surface area contributed by atoms with Crippen LogP contribution < -0.4 is 4.72 Å². The molecule has 3 amide bonds. The van der Waals surface area contributed by atoms with Gasteiger partial charge in [-0.2, -0.15) is 0 Å². The van der Waals surface area contributed by atoms with Crippen LogP contribution in [0.5, 0.6) is 0 Å². The van der Waals surface area contributed by atoms with Crippen LogP contribution in [0.3, 0.4) is 0 Å². The van der Waals surface area contributed by atoms with Crippen LogP contribution in [0.4, 0.5) is 0 Å². The lowest BCUT2D eigenvalue weighted by molar-refractivity contribution is -0.151. The zero-order valence-electron chi connectivity index (χ0n) is 17.0. The number of sulfonamides is 1. The van der Waals surface area contributed by atoms with Crippen LogP contribution in [0.25, 0.3) is 0 Å². The Labute approximate surface area is 171 Å². The largest absolute Gasteiger partial charge is 0.338 e. The highest BCUT2D eigenvalue weighted by Crippen LogP contribution is 2.24. The summed E-state index contributed by atoms with van der Waals surface area (Å²) in [5, 5.41) is 0. The molecule has 0 spiro atoms. The Morgan fingerprint density at radius 2 is 1.62 bits per heavy atom. The summed E-state index contributed by atoms with van der Waals surface area (Å²) in [6.45, 7) is 6.78. The van der Waals surface area contributed by atoms with Gasteiger partial charge in [-0.25, -0.2) is 13.1 Å². The fraction of sp³-hybridized carbons (Fsp3) is 0.550. The van der Waals surface area contributed by atoms with Crippen molar-refractivity contribution in [3.8, 4) is 0 Å². The van der Waals surface area contributed by atoms with Crippen LogP contribution in [0.2, 0.25) is 0 Å². The molecule has 0 aromatic heterocycles. The van der Waals surface area contributed by atoms with E-state index in [1.807, 2.05) is 0 Å². The number of hydrogen-bond donors (Lipinski definition) is 1. The van der Waals surface area contributed by atoms with E-state index in [0.29, 0.717) is 13.1 Å². The number of carbonyl (C=O) groups excluding carboxylic acids is 3. The molecule has 0 saturated carbocycles. The third kappa shape index (κ3) is 4.67. The smallest absolute Gasteiger partial charge is 0.240 e. The van der Waals surface area contributed by atoms with Crippen molar-refractivity contribution in [2.45, 2.75) is 56.4 Å². The van der Waals surface area contributed by atoms with Gasteiger partial charge < -0.3 is 4.90 Å². The molecule has 2 saturated heterocycles. The highest BCUT2D eigenvalue weighted by atomic mass is 32.2. The second-order valence-corrected chi connectivity index (χ2v) is 10.3. The van der Waals surface area contributed by atoms with Crippen LogP contribution in [0, 0.1) is 0 Å². The number of benzene rings is 1. The lowest BCUT2D eigenvalue weighted by atomic mass is 9.87. The number of imide groups is 1. The lowest BCUT2D eigenvalue weighted by Gasteiger charge is -2.43. The molecule has 0 unspecified atom stereocenters. The van der Waals surface area contributed by atoms with E-state index in [-0.39, 0.29) is 59.9 Å². The van der Waals surface area contributed by atoms with Gasteiger partial charge in [-0.05, 0) is 23.1 Å². The second kappa shape index (κ2) is 7.87. The van der Waals surface area contributed by atoms with Gasteiger partial charge in [0.25, 0.3) is 0 Å². The summed E-state index contributed by atoms with van der Waals surface area (Å²) in [4.78, 5) is 38.6. The third-order valence-corrected chi connectivity index (χ3v) is 6.81. The monoisotopic (exact) mass is 421 g/mol. The predicted octanol–water partition coefficient (Wildman–Crippen LogP) is 1.01. The first kappa shape index (κ1) is 21.4. The van der Waals surface area contributed by atoms with Crippen molar-refractivity contribution < 1.29 is 22.8 Å². The fourth-order valence-electron chi connectivity index (χ4n) is 3.49. The maximum absolute atomic E-state index is 12.4. The maximum atomic E-state index is 12.4. The molecule has 158 valence electrons. The number of likely N-dealkylation sites (tertiary alicyclic amines) is 2. The Hall–Kier alpha value is -2.26. The third-order valence-electron chi connectivity index (χ3n) is 5.33. The van der Waals surface area contributed by atoms with Crippen LogP contribution in [-0.4, -0.2) is 61.6 Å². The van der Waals surface area contributed by atoms with Crippen molar-refractivity contribution in [3.63, 3.8) is 0 Å². The van der Waals surface area contributed by atoms with Gasteiger partial charge in [0.1, 0.15) is 0 Å². The number of nitrogens with one attached hydrogen (secondary N) is 1. The molecule has 0 radical (unpaired) electrons. The number of hydrogen-bond acceptors (Lipinski definition) is 5. The van der Waals surface area contributed by atoms with Gasteiger partial charge in [0.2, 0.25) is 27.7 Å². The molecule has 1 N–H and O–H groups in total. The average Bonchev–Trinajstić information content (AvgIpc) is 2.92. The molecule has 1 aromatic carbocycles. The van der Waals surface area contributed by atoms with Crippen LogP contribution in [0.15, 0.2) is 29.2 Å². The molecule has 3 rings (SSSR count). The fourth-order valence-corrected chi connectivity index (χ4v) is 4.52. The number of nitrogens with zero attached hydrogens (tertiary/aromatic N) is 2. The summed E-state index contributed by atoms with van der Waals surface area (Å²) < 4.78 is 27.3. The van der Waals surface area contributed by atoms with Gasteiger partial charge in [-0.3, -0.25) is 19.3 Å². The molecule has 2 fully saturated rings. The molecule has 0 atom stereocenters. The Morgan fingerprint density at radius 1 is 1.07 bits per heavy atom. The summed E-state index contributed by atoms with van der Waals surface area (Å²) in [7, 11) is -3.69. The Balaban J connectivity index is 1.46. The zero-order chi connectivity index (χ0) is 21.4. The topological polar surface area (TPSA) is 104 Å². The highest BCUT2D eigenvalue weighted by Gasteiger charge is 2.42. The van der Waals surface area contributed by atoms with Crippen molar-refractivity contribution >= 4 is 27.7 Å². The molecule has 8 nitrogen and oxygen atoms in total. The number of carbonyl (C=O) groups is 3. The summed E-state index contributed by atoms with van der Waals surface area (Å²) in [6, 6.07) is 6.46. The quantitative estimate of drug-likeness (QED) is 0.691. The summed E-state index contributed by atoms with van der Waals surface area (Å²) in [6.07, 6.45) is 0.498. The second-order valence-electron chi connectivity index (χ2n) is 8.53. The zero-order valence-corrected chi connectivity index (χ0v) is 17.8. The van der Waals surface area contributed by atoms with E-state index in [1.165, 1.54) is 9.80 Å². The van der Waals surface area contributed by atoms with E-state index < -0.39 is 10.0 Å². The van der Waals surface area contributed by atoms with Gasteiger partial charge in [-0.15, -0.1) is 0 Å². The molecule has 9 heteroatoms. The first-order valence-corrected chi connectivity index (χ1v) is 11.2. The van der Waals surface area contributed by atoms with Gasteiger partial charge in [0, 0.05) is 38.9 Å². The molecular weight excluding hydrogens is 394 g/mol. The van der Waals surface area contributed by atoms with Gasteiger partial charge >= 0.3 is 0 Å². The minimum absolute atomic E-state index is 0.00900. The van der Waals surface area contributed by atoms with Crippen molar-refractivity contribution in [2.24, 2.45) is 0 Å². The van der Waals surface area contributed by atoms with Crippen molar-refractivity contribution in [1.29, 1.82) is 0 Å². The average molecular weight is 422 g/mol. The van der Waals surface area contributed by atoms with Gasteiger partial charge in [-0.1, -0.05) is 32.9 Å². The standard InChI is InChI=1S/C20H27N3O5S/c1-20(2,3)14-4-6-16(7-5-14)29(27,28)21-11-10-17(24)22-12-15(13-22)23-18(25)8-9-19(23)26/h4-7,15,21H,8-13H2,1-3H3. The van der Waals surface area contributed by atoms with E-state index in [1.54, 1.807) is 24.3 Å². The summed E-state index contributed by atoms with van der Waals surface area (Å²) in [5.74, 6) is -0.569. The highest BCUT2D eigenvalue weighted by molar-refractivity contribution is 7.89. The van der Waals surface area contributed by atoms with Gasteiger partial charge in [0.05, 0.1) is 10.9 Å². The minimum atomic E-state index is -3.69. The normalized spacial score (nSPS) is 18.3. The maximum Gasteiger partial charge on any atom is 0.240 e. The Bertz CT molecular complexity index is 896. The van der Waals surface area contributed by atoms with Crippen LogP contribution in [0.1, 0.15) is 45.6 Å². The summed E-state index contributed by atoms with van der Waals surface area (Å²) >= 11 is 0. The first-order valence-electron chi connectivity index (χ1n) is 9.72. The predicted molar refractivity (Wildman–Crippen MR) is 106 cm³/mol. The van der Waals surface area contributed by atoms with Crippen molar-refractivity contribution in [3.05, 3.63) is 29.8 Å². The SMILES string of the molecule is CC(C)(C)c1ccc(S(=O)(=O)NCCC(=O)N2CC(N3C(=O)CCC3=O)C2)cc1. The van der Waals surface area contributed by atoms with Crippen molar-refractivity contribution in [2.75, 3.05) is 19.6 Å². The molecule has 2 aliphatic rings. The summed E-state index contributed by atoms with van der Waals surface area (Å²) in [5.41, 5.74) is 0.968.